The fraction of sp³-hybridized carbons (Fsp3) is 0.381. The third kappa shape index (κ3) is 7.32. The number of aliphatic carboxylic acids is 1. The zero-order valence-corrected chi connectivity index (χ0v) is 15.7. The molecule has 1 unspecified atom stereocenters. The van der Waals surface area contributed by atoms with Crippen LogP contribution in [0, 0.1) is 5.41 Å². The molecule has 3 nitrogen and oxygen atoms in total. The highest BCUT2D eigenvalue weighted by Gasteiger charge is 2.25. The molecule has 25 heavy (non-hydrogen) atoms. The second-order valence-electron chi connectivity index (χ2n) is 6.94. The topological polar surface area (TPSA) is 46.5 Å². The molecule has 0 aliphatic heterocycles. The minimum absolute atomic E-state index is 0.0558. The summed E-state index contributed by atoms with van der Waals surface area (Å²) in [6.45, 7) is 5.46. The molecule has 1 atom stereocenters. The predicted molar refractivity (Wildman–Crippen MR) is 103 cm³/mol. The molecule has 134 valence electrons. The summed E-state index contributed by atoms with van der Waals surface area (Å²) >= 11 is 1.42. The highest BCUT2D eigenvalue weighted by atomic mass is 32.2. The quantitative estimate of drug-likeness (QED) is 0.589. The van der Waals surface area contributed by atoms with Crippen LogP contribution in [0.2, 0.25) is 0 Å². The van der Waals surface area contributed by atoms with E-state index >= 15 is 0 Å². The zero-order valence-electron chi connectivity index (χ0n) is 14.9. The number of ether oxygens (including phenoxy) is 1. The van der Waals surface area contributed by atoms with Gasteiger partial charge >= 0.3 is 5.97 Å². The maximum Gasteiger partial charge on any atom is 0.316 e. The fourth-order valence-corrected chi connectivity index (χ4v) is 3.49. The molecular formula is C21H26O3S. The first-order chi connectivity index (χ1) is 12.0. The Labute approximate surface area is 154 Å². The summed E-state index contributed by atoms with van der Waals surface area (Å²) in [7, 11) is 0. The normalized spacial score (nSPS) is 12.7. The maximum absolute atomic E-state index is 11.6. The van der Waals surface area contributed by atoms with E-state index in [2.05, 4.69) is 13.8 Å². The van der Waals surface area contributed by atoms with Gasteiger partial charge in [-0.15, -0.1) is 11.8 Å². The zero-order chi connectivity index (χ0) is 18.1. The average molecular weight is 359 g/mol. The van der Waals surface area contributed by atoms with Crippen molar-refractivity contribution in [3.63, 3.8) is 0 Å². The molecule has 0 radical (unpaired) electrons. The molecular weight excluding hydrogens is 332 g/mol. The van der Waals surface area contributed by atoms with Gasteiger partial charge in [0.05, 0.1) is 13.2 Å². The molecule has 0 heterocycles. The van der Waals surface area contributed by atoms with Crippen molar-refractivity contribution in [1.82, 2.24) is 0 Å². The molecule has 2 rings (SSSR count). The van der Waals surface area contributed by atoms with Crippen molar-refractivity contribution in [3.8, 4) is 0 Å². The minimum Gasteiger partial charge on any atom is -0.480 e. The number of carboxylic acids is 1. The van der Waals surface area contributed by atoms with E-state index in [4.69, 9.17) is 4.74 Å². The van der Waals surface area contributed by atoms with E-state index in [1.165, 1.54) is 11.8 Å². The monoisotopic (exact) mass is 358 g/mol. The summed E-state index contributed by atoms with van der Waals surface area (Å²) in [5, 5.41) is 9.07. The minimum atomic E-state index is -0.755. The van der Waals surface area contributed by atoms with E-state index in [1.54, 1.807) is 0 Å². The summed E-state index contributed by atoms with van der Waals surface area (Å²) in [6.07, 6.45) is 1.43. The molecule has 0 aliphatic rings. The number of hydrogen-bond donors (Lipinski definition) is 1. The highest BCUT2D eigenvalue weighted by Crippen LogP contribution is 2.31. The third-order valence-electron chi connectivity index (χ3n) is 3.98. The van der Waals surface area contributed by atoms with Gasteiger partial charge in [0.25, 0.3) is 0 Å². The molecule has 0 amide bonds. The summed E-state index contributed by atoms with van der Waals surface area (Å²) in [4.78, 5) is 12.6. The maximum atomic E-state index is 11.6. The third-order valence-corrected chi connectivity index (χ3v) is 5.25. The number of carbonyl (C=O) groups is 1. The molecule has 0 saturated carbocycles. The first-order valence-corrected chi connectivity index (χ1v) is 9.40. The Morgan fingerprint density at radius 3 is 2.28 bits per heavy atom. The van der Waals surface area contributed by atoms with Crippen molar-refractivity contribution in [3.05, 3.63) is 66.2 Å². The van der Waals surface area contributed by atoms with Crippen LogP contribution < -0.4 is 0 Å². The molecule has 0 saturated heterocycles. The molecule has 1 N–H and O–H groups in total. The molecule has 0 aliphatic carbocycles. The van der Waals surface area contributed by atoms with Crippen LogP contribution in [0.1, 0.15) is 32.3 Å². The van der Waals surface area contributed by atoms with Gasteiger partial charge in [-0.05, 0) is 36.0 Å². The van der Waals surface area contributed by atoms with Gasteiger partial charge in [-0.2, -0.15) is 0 Å². The Balaban J connectivity index is 1.80. The average Bonchev–Trinajstić information content (AvgIpc) is 2.60. The van der Waals surface area contributed by atoms with Gasteiger partial charge in [0, 0.05) is 4.90 Å². The summed E-state index contributed by atoms with van der Waals surface area (Å²) in [6, 6.07) is 19.8. The smallest absolute Gasteiger partial charge is 0.316 e. The lowest BCUT2D eigenvalue weighted by atomic mass is 9.88. The molecule has 4 heteroatoms. The first kappa shape index (κ1) is 19.5. The largest absolute Gasteiger partial charge is 0.480 e. The van der Waals surface area contributed by atoms with Gasteiger partial charge in [0.15, 0.2) is 0 Å². The SMILES string of the molecule is CC(C)(CCC(Sc1ccccc1)C(=O)O)COCc1ccccc1. The Hall–Kier alpha value is -1.78. The highest BCUT2D eigenvalue weighted by molar-refractivity contribution is 8.00. The van der Waals surface area contributed by atoms with Crippen molar-refractivity contribution in [1.29, 1.82) is 0 Å². The lowest BCUT2D eigenvalue weighted by Crippen LogP contribution is -2.24. The molecule has 0 bridgehead atoms. The Morgan fingerprint density at radius 1 is 1.08 bits per heavy atom. The van der Waals surface area contributed by atoms with Crippen molar-refractivity contribution in [2.75, 3.05) is 6.61 Å². The number of thioether (sulfide) groups is 1. The van der Waals surface area contributed by atoms with Crippen molar-refractivity contribution in [2.24, 2.45) is 5.41 Å². The van der Waals surface area contributed by atoms with Crippen LogP contribution >= 0.6 is 11.8 Å². The number of benzene rings is 2. The van der Waals surface area contributed by atoms with E-state index in [0.29, 0.717) is 19.6 Å². The van der Waals surface area contributed by atoms with Gasteiger partial charge in [0.1, 0.15) is 5.25 Å². The van der Waals surface area contributed by atoms with Gasteiger partial charge in [-0.1, -0.05) is 62.4 Å². The molecule has 0 aromatic heterocycles. The fourth-order valence-electron chi connectivity index (χ4n) is 2.51. The van der Waals surface area contributed by atoms with Crippen LogP contribution in [0.25, 0.3) is 0 Å². The van der Waals surface area contributed by atoms with Crippen LogP contribution in [0.3, 0.4) is 0 Å². The second-order valence-corrected chi connectivity index (χ2v) is 8.22. The van der Waals surface area contributed by atoms with Crippen molar-refractivity contribution < 1.29 is 14.6 Å². The van der Waals surface area contributed by atoms with Gasteiger partial charge in [-0.25, -0.2) is 0 Å². The molecule has 2 aromatic carbocycles. The van der Waals surface area contributed by atoms with Crippen LogP contribution in [0.4, 0.5) is 0 Å². The molecule has 2 aromatic rings. The standard InChI is InChI=1S/C21H26O3S/c1-21(2,16-24-15-17-9-5-3-6-10-17)14-13-19(20(22)23)25-18-11-7-4-8-12-18/h3-12,19H,13-16H2,1-2H3,(H,22,23). The Bertz CT molecular complexity index is 641. The van der Waals surface area contributed by atoms with Crippen LogP contribution in [0.5, 0.6) is 0 Å². The van der Waals surface area contributed by atoms with E-state index < -0.39 is 11.2 Å². The van der Waals surface area contributed by atoms with E-state index in [1.807, 2.05) is 60.7 Å². The van der Waals surface area contributed by atoms with Crippen LogP contribution in [-0.4, -0.2) is 22.9 Å². The van der Waals surface area contributed by atoms with Crippen molar-refractivity contribution >= 4 is 17.7 Å². The van der Waals surface area contributed by atoms with E-state index in [-0.39, 0.29) is 5.41 Å². The van der Waals surface area contributed by atoms with Gasteiger partial charge < -0.3 is 9.84 Å². The lowest BCUT2D eigenvalue weighted by molar-refractivity contribution is -0.136. The second kappa shape index (κ2) is 9.64. The first-order valence-electron chi connectivity index (χ1n) is 8.52. The van der Waals surface area contributed by atoms with E-state index in [0.717, 1.165) is 16.9 Å². The number of carboxylic acid groups (broad SMARTS) is 1. The Morgan fingerprint density at radius 2 is 1.68 bits per heavy atom. The van der Waals surface area contributed by atoms with E-state index in [9.17, 15) is 9.90 Å². The van der Waals surface area contributed by atoms with Crippen molar-refractivity contribution in [2.45, 2.75) is 43.4 Å². The number of hydrogen-bond acceptors (Lipinski definition) is 3. The Kier molecular flexibility index (Phi) is 7.53. The number of rotatable bonds is 10. The van der Waals surface area contributed by atoms with Crippen LogP contribution in [-0.2, 0) is 16.1 Å². The molecule has 0 fully saturated rings. The summed E-state index contributed by atoms with van der Waals surface area (Å²) < 4.78 is 5.84. The summed E-state index contributed by atoms with van der Waals surface area (Å²) in [5.74, 6) is -0.755. The lowest BCUT2D eigenvalue weighted by Gasteiger charge is -2.26. The summed E-state index contributed by atoms with van der Waals surface area (Å²) in [5.41, 5.74) is 1.10. The van der Waals surface area contributed by atoms with Gasteiger partial charge in [0.2, 0.25) is 0 Å². The predicted octanol–water partition coefficient (Wildman–Crippen LogP) is 5.26. The molecule has 0 spiro atoms. The van der Waals surface area contributed by atoms with Crippen LogP contribution in [0.15, 0.2) is 65.6 Å². The van der Waals surface area contributed by atoms with Gasteiger partial charge in [-0.3, -0.25) is 4.79 Å².